The molecule has 0 saturated carbocycles. The summed E-state index contributed by atoms with van der Waals surface area (Å²) in [6.07, 6.45) is 4.40. The number of amides is 2. The van der Waals surface area contributed by atoms with Crippen LogP contribution in [0.3, 0.4) is 0 Å². The summed E-state index contributed by atoms with van der Waals surface area (Å²) in [6, 6.07) is 5.34. The van der Waals surface area contributed by atoms with Crippen LogP contribution in [0.15, 0.2) is 30.6 Å². The zero-order valence-corrected chi connectivity index (χ0v) is 17.1. The highest BCUT2D eigenvalue weighted by Gasteiger charge is 2.16. The molecule has 1 aliphatic rings. The minimum Gasteiger partial charge on any atom is -0.350 e. The van der Waals surface area contributed by atoms with Gasteiger partial charge in [0.25, 0.3) is 5.91 Å². The molecule has 0 spiro atoms. The fraction of sp³-hybridized carbons (Fsp3) is 0.500. The Morgan fingerprint density at radius 2 is 2.03 bits per heavy atom. The number of benzene rings is 1. The van der Waals surface area contributed by atoms with E-state index in [1.807, 2.05) is 13.0 Å². The molecule has 1 aliphatic heterocycles. The Hall–Kier alpha value is -2.78. The minimum atomic E-state index is -0.184. The van der Waals surface area contributed by atoms with Gasteiger partial charge in [-0.05, 0) is 51.2 Å². The van der Waals surface area contributed by atoms with E-state index in [9.17, 15) is 9.59 Å². The van der Waals surface area contributed by atoms with Crippen LogP contribution < -0.4 is 10.6 Å². The van der Waals surface area contributed by atoms with Crippen molar-refractivity contribution in [3.05, 3.63) is 41.7 Å². The third-order valence-corrected chi connectivity index (χ3v) is 5.05. The number of rotatable bonds is 7. The van der Waals surface area contributed by atoms with Gasteiger partial charge in [-0.3, -0.25) is 19.2 Å². The predicted molar refractivity (Wildman–Crippen MR) is 111 cm³/mol. The average Bonchev–Trinajstić information content (AvgIpc) is 3.13. The first kappa shape index (κ1) is 20.9. The third kappa shape index (κ3) is 6.37. The topological polar surface area (TPSA) is 95.4 Å². The summed E-state index contributed by atoms with van der Waals surface area (Å²) >= 11 is 0. The first-order chi connectivity index (χ1) is 14.0. The van der Waals surface area contributed by atoms with Crippen LogP contribution in [0.25, 0.3) is 0 Å². The molecule has 2 aromatic rings. The predicted octanol–water partition coefficient (Wildman–Crippen LogP) is 0.593. The van der Waals surface area contributed by atoms with Crippen molar-refractivity contribution in [3.8, 4) is 0 Å². The van der Waals surface area contributed by atoms with Gasteiger partial charge in [-0.1, -0.05) is 11.3 Å². The van der Waals surface area contributed by atoms with Crippen molar-refractivity contribution in [2.75, 3.05) is 51.6 Å². The van der Waals surface area contributed by atoms with Crippen LogP contribution in [0.4, 0.5) is 5.69 Å². The zero-order chi connectivity index (χ0) is 20.6. The fourth-order valence-corrected chi connectivity index (χ4v) is 3.29. The quantitative estimate of drug-likeness (QED) is 0.708. The molecule has 1 aromatic carbocycles. The molecule has 2 amide bonds. The van der Waals surface area contributed by atoms with Gasteiger partial charge < -0.3 is 15.5 Å². The van der Waals surface area contributed by atoms with E-state index in [0.29, 0.717) is 30.9 Å². The minimum absolute atomic E-state index is 0.0543. The number of hydrogen-bond acceptors (Lipinski definition) is 6. The van der Waals surface area contributed by atoms with Gasteiger partial charge in [0.05, 0.1) is 19.3 Å². The molecule has 29 heavy (non-hydrogen) atoms. The summed E-state index contributed by atoms with van der Waals surface area (Å²) in [5.41, 5.74) is 2.11. The second kappa shape index (κ2) is 10.1. The van der Waals surface area contributed by atoms with E-state index in [1.54, 1.807) is 29.2 Å². The van der Waals surface area contributed by atoms with E-state index in [0.717, 1.165) is 38.2 Å². The molecule has 2 heterocycles. The molecular formula is C20H29N7O2. The van der Waals surface area contributed by atoms with Crippen molar-refractivity contribution in [1.82, 2.24) is 30.1 Å². The first-order valence-electron chi connectivity index (χ1n) is 9.95. The highest BCUT2D eigenvalue weighted by atomic mass is 16.2. The Morgan fingerprint density at radius 3 is 2.83 bits per heavy atom. The molecule has 0 aliphatic carbocycles. The van der Waals surface area contributed by atoms with Gasteiger partial charge in [-0.25, -0.2) is 0 Å². The second-order valence-corrected chi connectivity index (χ2v) is 7.43. The SMILES string of the molecule is Cc1ccc(C(=O)NCCn2ccnn2)cc1NC(=O)CN1CCCN(C)CC1. The number of nitrogens with one attached hydrogen (secondary N) is 2. The highest BCUT2D eigenvalue weighted by molar-refractivity contribution is 5.98. The van der Waals surface area contributed by atoms with Gasteiger partial charge in [-0.2, -0.15) is 0 Å². The molecule has 0 atom stereocenters. The summed E-state index contributed by atoms with van der Waals surface area (Å²) in [4.78, 5) is 29.4. The molecule has 1 fully saturated rings. The molecular weight excluding hydrogens is 370 g/mol. The van der Waals surface area contributed by atoms with Crippen LogP contribution in [0, 0.1) is 6.92 Å². The van der Waals surface area contributed by atoms with Crippen molar-refractivity contribution < 1.29 is 9.59 Å². The van der Waals surface area contributed by atoms with Gasteiger partial charge in [-0.15, -0.1) is 5.10 Å². The summed E-state index contributed by atoms with van der Waals surface area (Å²) in [5.74, 6) is -0.238. The van der Waals surface area contributed by atoms with Gasteiger partial charge in [0.15, 0.2) is 0 Å². The number of anilines is 1. The van der Waals surface area contributed by atoms with Crippen LogP contribution in [0.5, 0.6) is 0 Å². The first-order valence-corrected chi connectivity index (χ1v) is 9.95. The number of nitrogens with zero attached hydrogens (tertiary/aromatic N) is 5. The number of carbonyl (C=O) groups is 2. The Morgan fingerprint density at radius 1 is 1.17 bits per heavy atom. The molecule has 9 nitrogen and oxygen atoms in total. The van der Waals surface area contributed by atoms with E-state index in [1.165, 1.54) is 0 Å². The molecule has 156 valence electrons. The van der Waals surface area contributed by atoms with Crippen LogP contribution in [0.1, 0.15) is 22.3 Å². The molecule has 1 aromatic heterocycles. The van der Waals surface area contributed by atoms with Gasteiger partial charge in [0, 0.05) is 37.1 Å². The van der Waals surface area contributed by atoms with E-state index in [-0.39, 0.29) is 11.8 Å². The largest absolute Gasteiger partial charge is 0.350 e. The van der Waals surface area contributed by atoms with Crippen LogP contribution in [-0.2, 0) is 11.3 Å². The monoisotopic (exact) mass is 399 g/mol. The second-order valence-electron chi connectivity index (χ2n) is 7.43. The van der Waals surface area contributed by atoms with Gasteiger partial charge >= 0.3 is 0 Å². The van der Waals surface area contributed by atoms with Crippen molar-refractivity contribution in [3.63, 3.8) is 0 Å². The van der Waals surface area contributed by atoms with E-state index in [2.05, 4.69) is 37.8 Å². The van der Waals surface area contributed by atoms with Crippen molar-refractivity contribution in [1.29, 1.82) is 0 Å². The lowest BCUT2D eigenvalue weighted by Crippen LogP contribution is -2.36. The summed E-state index contributed by atoms with van der Waals surface area (Å²) < 4.78 is 1.65. The van der Waals surface area contributed by atoms with Crippen molar-refractivity contribution in [2.24, 2.45) is 0 Å². The number of aryl methyl sites for hydroxylation is 1. The van der Waals surface area contributed by atoms with Crippen molar-refractivity contribution in [2.45, 2.75) is 19.9 Å². The lowest BCUT2D eigenvalue weighted by atomic mass is 10.1. The lowest BCUT2D eigenvalue weighted by molar-refractivity contribution is -0.117. The smallest absolute Gasteiger partial charge is 0.251 e. The summed E-state index contributed by atoms with van der Waals surface area (Å²) in [6.45, 7) is 7.11. The van der Waals surface area contributed by atoms with Crippen molar-refractivity contribution >= 4 is 17.5 Å². The molecule has 3 rings (SSSR count). The summed E-state index contributed by atoms with van der Waals surface area (Å²) in [7, 11) is 2.11. The molecule has 1 saturated heterocycles. The number of likely N-dealkylation sites (N-methyl/N-ethyl adjacent to an activating group) is 1. The Balaban J connectivity index is 1.53. The molecule has 0 bridgehead atoms. The number of aromatic nitrogens is 3. The fourth-order valence-electron chi connectivity index (χ4n) is 3.29. The molecule has 0 radical (unpaired) electrons. The maximum Gasteiger partial charge on any atom is 0.251 e. The molecule has 9 heteroatoms. The van der Waals surface area contributed by atoms with Crippen LogP contribution >= 0.6 is 0 Å². The molecule has 0 unspecified atom stereocenters. The maximum atomic E-state index is 12.5. The Kier molecular flexibility index (Phi) is 7.31. The number of carbonyl (C=O) groups excluding carboxylic acids is 2. The lowest BCUT2D eigenvalue weighted by Gasteiger charge is -2.20. The van der Waals surface area contributed by atoms with Crippen LogP contribution in [-0.4, -0.2) is 82.9 Å². The normalized spacial score (nSPS) is 15.7. The zero-order valence-electron chi connectivity index (χ0n) is 17.1. The standard InChI is InChI=1S/C20H29N7O2/c1-16-4-5-17(20(29)21-6-10-27-11-7-22-24-27)14-18(16)23-19(28)15-26-9-3-8-25(2)12-13-26/h4-5,7,11,14H,3,6,8-10,12-13,15H2,1-2H3,(H,21,29)(H,23,28). The van der Waals surface area contributed by atoms with E-state index < -0.39 is 0 Å². The summed E-state index contributed by atoms with van der Waals surface area (Å²) in [5, 5.41) is 13.4. The van der Waals surface area contributed by atoms with Gasteiger partial charge in [0.1, 0.15) is 0 Å². The maximum absolute atomic E-state index is 12.5. The average molecular weight is 399 g/mol. The third-order valence-electron chi connectivity index (χ3n) is 5.05. The number of hydrogen-bond donors (Lipinski definition) is 2. The van der Waals surface area contributed by atoms with Gasteiger partial charge in [0.2, 0.25) is 5.91 Å². The van der Waals surface area contributed by atoms with Crippen LogP contribution in [0.2, 0.25) is 0 Å². The van der Waals surface area contributed by atoms with E-state index in [4.69, 9.17) is 0 Å². The van der Waals surface area contributed by atoms with E-state index >= 15 is 0 Å². The Labute approximate surface area is 171 Å². The highest BCUT2D eigenvalue weighted by Crippen LogP contribution is 2.17. The molecule has 2 N–H and O–H groups in total. The Bertz CT molecular complexity index is 822.